The third-order valence-corrected chi connectivity index (χ3v) is 6.63. The lowest BCUT2D eigenvalue weighted by Gasteiger charge is -2.31. The van der Waals surface area contributed by atoms with Gasteiger partial charge in [0, 0.05) is 13.1 Å². The molecular formula is C25H28FN3O5S. The summed E-state index contributed by atoms with van der Waals surface area (Å²) >= 11 is 0. The van der Waals surface area contributed by atoms with Gasteiger partial charge in [0.1, 0.15) is 17.6 Å². The summed E-state index contributed by atoms with van der Waals surface area (Å²) in [6, 6.07) is 16.9. The Balaban J connectivity index is 1.80. The van der Waals surface area contributed by atoms with E-state index in [1.807, 2.05) is 6.07 Å². The van der Waals surface area contributed by atoms with Crippen LogP contribution in [0.15, 0.2) is 77.4 Å². The normalized spacial score (nSPS) is 12.3. The number of carbonyl (C=O) groups excluding carboxylic acids is 2. The van der Waals surface area contributed by atoms with E-state index in [1.165, 1.54) is 35.4 Å². The summed E-state index contributed by atoms with van der Waals surface area (Å²) in [6.07, 6.45) is 2.52. The van der Waals surface area contributed by atoms with Crippen molar-refractivity contribution in [2.45, 2.75) is 32.6 Å². The summed E-state index contributed by atoms with van der Waals surface area (Å²) < 4.78 is 44.6. The summed E-state index contributed by atoms with van der Waals surface area (Å²) in [5.74, 6) is -0.878. The molecule has 8 nitrogen and oxygen atoms in total. The number of nitrogens with zero attached hydrogens (tertiary/aromatic N) is 2. The monoisotopic (exact) mass is 501 g/mol. The van der Waals surface area contributed by atoms with Gasteiger partial charge in [-0.3, -0.25) is 9.59 Å². The standard InChI is InChI=1S/C25H28FN3O5S/c1-19(25(31)27-15-23-9-6-14-34-23)29(17-21-10-12-22(26)13-11-21)24(30)18-28(35(2,32)33)16-20-7-4-3-5-8-20/h3-14,19H,15-18H2,1-2H3,(H,27,31)/t19-/m1/s1. The second-order valence-corrected chi connectivity index (χ2v) is 10.1. The van der Waals surface area contributed by atoms with Crippen molar-refractivity contribution < 1.29 is 26.8 Å². The fraction of sp³-hybridized carbons (Fsp3) is 0.280. The lowest BCUT2D eigenvalue weighted by atomic mass is 10.1. The molecule has 3 aromatic rings. The Morgan fingerprint density at radius 1 is 0.971 bits per heavy atom. The van der Waals surface area contributed by atoms with E-state index in [0.29, 0.717) is 11.3 Å². The van der Waals surface area contributed by atoms with Crippen LogP contribution in [0, 0.1) is 5.82 Å². The Kier molecular flexibility index (Phi) is 8.78. The largest absolute Gasteiger partial charge is 0.467 e. The van der Waals surface area contributed by atoms with Crippen molar-refractivity contribution in [1.82, 2.24) is 14.5 Å². The first-order valence-electron chi connectivity index (χ1n) is 11.0. The average Bonchev–Trinajstić information content (AvgIpc) is 3.35. The molecule has 186 valence electrons. The van der Waals surface area contributed by atoms with E-state index in [-0.39, 0.29) is 19.6 Å². The second kappa shape index (κ2) is 11.8. The van der Waals surface area contributed by atoms with Gasteiger partial charge in [-0.2, -0.15) is 4.31 Å². The van der Waals surface area contributed by atoms with Crippen molar-refractivity contribution in [3.63, 3.8) is 0 Å². The zero-order chi connectivity index (χ0) is 25.4. The first-order chi connectivity index (χ1) is 16.6. The Labute approximate surface area is 204 Å². The molecule has 35 heavy (non-hydrogen) atoms. The van der Waals surface area contributed by atoms with Gasteiger partial charge in [0.15, 0.2) is 0 Å². The molecule has 0 saturated carbocycles. The predicted octanol–water partition coefficient (Wildman–Crippen LogP) is 2.91. The summed E-state index contributed by atoms with van der Waals surface area (Å²) in [6.45, 7) is 1.25. The number of furan rings is 1. The highest BCUT2D eigenvalue weighted by atomic mass is 32.2. The highest BCUT2D eigenvalue weighted by molar-refractivity contribution is 7.88. The van der Waals surface area contributed by atoms with Crippen molar-refractivity contribution >= 4 is 21.8 Å². The minimum absolute atomic E-state index is 0.00259. The Morgan fingerprint density at radius 3 is 2.23 bits per heavy atom. The maximum absolute atomic E-state index is 13.4. The van der Waals surface area contributed by atoms with Crippen LogP contribution < -0.4 is 5.32 Å². The molecule has 1 N–H and O–H groups in total. The van der Waals surface area contributed by atoms with Crippen LogP contribution in [0.1, 0.15) is 23.8 Å². The van der Waals surface area contributed by atoms with E-state index in [0.717, 1.165) is 16.1 Å². The molecule has 0 bridgehead atoms. The number of halogens is 1. The topological polar surface area (TPSA) is 99.9 Å². The van der Waals surface area contributed by atoms with Crippen molar-refractivity contribution in [2.75, 3.05) is 12.8 Å². The average molecular weight is 502 g/mol. The van der Waals surface area contributed by atoms with Crippen molar-refractivity contribution in [3.05, 3.63) is 95.7 Å². The number of amides is 2. The first kappa shape index (κ1) is 26.1. The van der Waals surface area contributed by atoms with Gasteiger partial charge in [-0.15, -0.1) is 0 Å². The van der Waals surface area contributed by atoms with Crippen LogP contribution in [0.4, 0.5) is 4.39 Å². The molecule has 3 rings (SSSR count). The highest BCUT2D eigenvalue weighted by Gasteiger charge is 2.30. The molecule has 1 heterocycles. The maximum atomic E-state index is 13.4. The van der Waals surface area contributed by atoms with Crippen molar-refractivity contribution in [1.29, 1.82) is 0 Å². The van der Waals surface area contributed by atoms with Gasteiger partial charge in [-0.05, 0) is 42.3 Å². The third kappa shape index (κ3) is 7.76. The molecule has 0 saturated heterocycles. The quantitative estimate of drug-likeness (QED) is 0.436. The smallest absolute Gasteiger partial charge is 0.242 e. The number of nitrogens with one attached hydrogen (secondary N) is 1. The number of sulfonamides is 1. The molecule has 0 spiro atoms. The number of carbonyl (C=O) groups is 2. The van der Waals surface area contributed by atoms with Gasteiger partial charge < -0.3 is 14.6 Å². The molecule has 0 radical (unpaired) electrons. The summed E-state index contributed by atoms with van der Waals surface area (Å²) in [5, 5.41) is 2.72. The van der Waals surface area contributed by atoms with Crippen LogP contribution in [0.2, 0.25) is 0 Å². The lowest BCUT2D eigenvalue weighted by molar-refractivity contribution is -0.140. The van der Waals surface area contributed by atoms with Crippen molar-refractivity contribution in [3.8, 4) is 0 Å². The fourth-order valence-electron chi connectivity index (χ4n) is 3.42. The Morgan fingerprint density at radius 2 is 1.63 bits per heavy atom. The van der Waals surface area contributed by atoms with Gasteiger partial charge in [0.25, 0.3) is 0 Å². The number of rotatable bonds is 11. The van der Waals surface area contributed by atoms with E-state index in [2.05, 4.69) is 5.32 Å². The van der Waals surface area contributed by atoms with Gasteiger partial charge >= 0.3 is 0 Å². The molecule has 0 aliphatic carbocycles. The van der Waals surface area contributed by atoms with Crippen LogP contribution >= 0.6 is 0 Å². The molecule has 0 fully saturated rings. The summed E-state index contributed by atoms with van der Waals surface area (Å²) in [7, 11) is -3.73. The van der Waals surface area contributed by atoms with Gasteiger partial charge in [0.05, 0.1) is 25.6 Å². The van der Waals surface area contributed by atoms with E-state index in [1.54, 1.807) is 43.3 Å². The number of hydrogen-bond donors (Lipinski definition) is 1. The molecule has 0 aliphatic heterocycles. The van der Waals surface area contributed by atoms with Crippen LogP contribution in [0.3, 0.4) is 0 Å². The molecular weight excluding hydrogens is 473 g/mol. The van der Waals surface area contributed by atoms with Gasteiger partial charge in [-0.1, -0.05) is 42.5 Å². The van der Waals surface area contributed by atoms with Gasteiger partial charge in [-0.25, -0.2) is 12.8 Å². The van der Waals surface area contributed by atoms with Gasteiger partial charge in [0.2, 0.25) is 21.8 Å². The van der Waals surface area contributed by atoms with Crippen LogP contribution in [0.25, 0.3) is 0 Å². The minimum atomic E-state index is -3.73. The van der Waals surface area contributed by atoms with E-state index in [9.17, 15) is 22.4 Å². The summed E-state index contributed by atoms with van der Waals surface area (Å²) in [5.41, 5.74) is 1.32. The summed E-state index contributed by atoms with van der Waals surface area (Å²) in [4.78, 5) is 27.5. The Hall–Kier alpha value is -3.50. The molecule has 0 aliphatic rings. The SMILES string of the molecule is C[C@H](C(=O)NCc1ccco1)N(Cc1ccc(F)cc1)C(=O)CN(Cc1ccccc1)S(C)(=O)=O. The Bertz CT molecular complexity index is 1220. The molecule has 1 aromatic heterocycles. The molecule has 2 amide bonds. The fourth-order valence-corrected chi connectivity index (χ4v) is 4.15. The minimum Gasteiger partial charge on any atom is -0.467 e. The number of hydrogen-bond acceptors (Lipinski definition) is 5. The molecule has 2 aromatic carbocycles. The third-order valence-electron chi connectivity index (χ3n) is 5.43. The number of benzene rings is 2. The molecule has 10 heteroatoms. The first-order valence-corrected chi connectivity index (χ1v) is 12.8. The van der Waals surface area contributed by atoms with Crippen LogP contribution in [-0.2, 0) is 39.2 Å². The molecule has 1 atom stereocenters. The van der Waals surface area contributed by atoms with E-state index >= 15 is 0 Å². The van der Waals surface area contributed by atoms with E-state index < -0.39 is 40.2 Å². The van der Waals surface area contributed by atoms with Crippen LogP contribution in [-0.4, -0.2) is 48.3 Å². The lowest BCUT2D eigenvalue weighted by Crippen LogP contribution is -2.50. The van der Waals surface area contributed by atoms with E-state index in [4.69, 9.17) is 4.42 Å². The second-order valence-electron chi connectivity index (χ2n) is 8.14. The highest BCUT2D eigenvalue weighted by Crippen LogP contribution is 2.14. The maximum Gasteiger partial charge on any atom is 0.242 e. The van der Waals surface area contributed by atoms with Crippen molar-refractivity contribution in [2.24, 2.45) is 0 Å². The zero-order valence-electron chi connectivity index (χ0n) is 19.6. The predicted molar refractivity (Wildman–Crippen MR) is 129 cm³/mol. The molecule has 0 unspecified atom stereocenters. The van der Waals surface area contributed by atoms with Crippen LogP contribution in [0.5, 0.6) is 0 Å². The zero-order valence-corrected chi connectivity index (χ0v) is 20.4.